The Labute approximate surface area is 114 Å². The van der Waals surface area contributed by atoms with Crippen molar-refractivity contribution >= 4 is 13.2 Å². The van der Waals surface area contributed by atoms with Crippen molar-refractivity contribution in [1.29, 1.82) is 0 Å². The van der Waals surface area contributed by atoms with Gasteiger partial charge >= 0.3 is 13.2 Å². The maximum absolute atomic E-state index is 10.7. The van der Waals surface area contributed by atoms with Crippen molar-refractivity contribution in [2.24, 2.45) is 0 Å². The Bertz CT molecular complexity index is 389. The Morgan fingerprint density at radius 3 is 2.47 bits per heavy atom. The standard InChI is InChI=1S/C13H22BNO4/c1-12(2)13(3,4)19-14(18-12)9-6-5-7-10(8-9)15-11(16)17/h8,10,15H,5-7H2,1-4H3,(H,16,17)/t10-/m1/s1. The lowest BCUT2D eigenvalue weighted by atomic mass is 9.72. The van der Waals surface area contributed by atoms with E-state index in [4.69, 9.17) is 14.4 Å². The zero-order chi connectivity index (χ0) is 14.3. The van der Waals surface area contributed by atoms with Gasteiger partial charge in [0.15, 0.2) is 0 Å². The van der Waals surface area contributed by atoms with E-state index in [1.165, 1.54) is 0 Å². The third-order valence-corrected chi connectivity index (χ3v) is 4.26. The molecule has 6 heteroatoms. The second-order valence-electron chi connectivity index (χ2n) is 6.28. The summed E-state index contributed by atoms with van der Waals surface area (Å²) in [7, 11) is -0.358. The van der Waals surface area contributed by atoms with Crippen LogP contribution < -0.4 is 5.32 Å². The van der Waals surface area contributed by atoms with Gasteiger partial charge in [-0.05, 0) is 52.4 Å². The number of amides is 1. The van der Waals surface area contributed by atoms with E-state index in [0.29, 0.717) is 0 Å². The Morgan fingerprint density at radius 1 is 1.37 bits per heavy atom. The zero-order valence-electron chi connectivity index (χ0n) is 12.0. The first-order valence-electron chi connectivity index (χ1n) is 6.77. The lowest BCUT2D eigenvalue weighted by Crippen LogP contribution is -2.41. The molecule has 1 fully saturated rings. The molecule has 1 atom stereocenters. The van der Waals surface area contributed by atoms with Gasteiger partial charge in [-0.1, -0.05) is 6.08 Å². The van der Waals surface area contributed by atoms with Crippen LogP contribution in [0.3, 0.4) is 0 Å². The van der Waals surface area contributed by atoms with Gasteiger partial charge in [-0.3, -0.25) is 0 Å². The summed E-state index contributed by atoms with van der Waals surface area (Å²) in [6.07, 6.45) is 3.63. The first-order valence-corrected chi connectivity index (χ1v) is 6.77. The van der Waals surface area contributed by atoms with Crippen molar-refractivity contribution in [3.05, 3.63) is 11.5 Å². The molecule has 1 aliphatic heterocycles. The fourth-order valence-corrected chi connectivity index (χ4v) is 2.41. The number of carboxylic acid groups (broad SMARTS) is 1. The molecule has 2 N–H and O–H groups in total. The van der Waals surface area contributed by atoms with E-state index < -0.39 is 6.09 Å². The maximum atomic E-state index is 10.7. The summed E-state index contributed by atoms with van der Waals surface area (Å²) in [5.74, 6) is 0. The molecule has 0 radical (unpaired) electrons. The minimum atomic E-state index is -0.989. The molecule has 0 aromatic carbocycles. The highest BCUT2D eigenvalue weighted by Gasteiger charge is 2.52. The quantitative estimate of drug-likeness (QED) is 0.753. The molecule has 5 nitrogen and oxygen atoms in total. The summed E-state index contributed by atoms with van der Waals surface area (Å²) in [4.78, 5) is 10.7. The predicted molar refractivity (Wildman–Crippen MR) is 73.0 cm³/mol. The van der Waals surface area contributed by atoms with E-state index in [-0.39, 0.29) is 24.4 Å². The van der Waals surface area contributed by atoms with Crippen LogP contribution in [-0.2, 0) is 9.31 Å². The molecule has 2 rings (SSSR count). The summed E-state index contributed by atoms with van der Waals surface area (Å²) in [5, 5.41) is 11.3. The second-order valence-corrected chi connectivity index (χ2v) is 6.28. The molecule has 0 bridgehead atoms. The van der Waals surface area contributed by atoms with Crippen molar-refractivity contribution in [1.82, 2.24) is 5.32 Å². The van der Waals surface area contributed by atoms with Gasteiger partial charge in [0.2, 0.25) is 0 Å². The highest BCUT2D eigenvalue weighted by atomic mass is 16.7. The monoisotopic (exact) mass is 267 g/mol. The van der Waals surface area contributed by atoms with Crippen LogP contribution >= 0.6 is 0 Å². The lowest BCUT2D eigenvalue weighted by molar-refractivity contribution is 0.00578. The van der Waals surface area contributed by atoms with E-state index >= 15 is 0 Å². The van der Waals surface area contributed by atoms with E-state index in [1.54, 1.807) is 0 Å². The van der Waals surface area contributed by atoms with E-state index in [0.717, 1.165) is 24.7 Å². The minimum Gasteiger partial charge on any atom is -0.465 e. The van der Waals surface area contributed by atoms with Crippen LogP contribution in [0.4, 0.5) is 4.79 Å². The molecule has 0 unspecified atom stereocenters. The maximum Gasteiger partial charge on any atom is 0.490 e. The Kier molecular flexibility index (Phi) is 3.66. The molecule has 0 aromatic heterocycles. The molecular weight excluding hydrogens is 245 g/mol. The predicted octanol–water partition coefficient (Wildman–Crippen LogP) is 2.36. The van der Waals surface area contributed by atoms with Crippen LogP contribution in [-0.4, -0.2) is 35.6 Å². The van der Waals surface area contributed by atoms with Crippen molar-refractivity contribution in [3.63, 3.8) is 0 Å². The largest absolute Gasteiger partial charge is 0.490 e. The van der Waals surface area contributed by atoms with Gasteiger partial charge in [-0.15, -0.1) is 0 Å². The third kappa shape index (κ3) is 2.95. The van der Waals surface area contributed by atoms with E-state index in [9.17, 15) is 4.79 Å². The molecule has 0 aromatic rings. The molecule has 1 aliphatic carbocycles. The summed E-state index contributed by atoms with van der Waals surface area (Å²) in [5.41, 5.74) is 0.334. The SMILES string of the molecule is CC1(C)OB(C2=C[C@H](NC(=O)O)CCC2)OC1(C)C. The molecule has 1 saturated heterocycles. The van der Waals surface area contributed by atoms with Crippen LogP contribution in [0.25, 0.3) is 0 Å². The van der Waals surface area contributed by atoms with Gasteiger partial charge in [0.1, 0.15) is 0 Å². The molecule has 1 heterocycles. The first kappa shape index (κ1) is 14.4. The molecule has 106 valence electrons. The Hall–Kier alpha value is -1.01. The summed E-state index contributed by atoms with van der Waals surface area (Å²) in [6.45, 7) is 8.07. The van der Waals surface area contributed by atoms with Crippen LogP contribution in [0.1, 0.15) is 47.0 Å². The first-order chi connectivity index (χ1) is 8.71. The fraction of sp³-hybridized carbons (Fsp3) is 0.769. The van der Waals surface area contributed by atoms with Gasteiger partial charge in [0.05, 0.1) is 17.2 Å². The number of nitrogens with one attached hydrogen (secondary N) is 1. The fourth-order valence-electron chi connectivity index (χ4n) is 2.41. The Balaban J connectivity index is 2.10. The van der Waals surface area contributed by atoms with Crippen LogP contribution in [0, 0.1) is 0 Å². The van der Waals surface area contributed by atoms with Crippen molar-refractivity contribution in [2.75, 3.05) is 0 Å². The van der Waals surface area contributed by atoms with Crippen LogP contribution in [0.15, 0.2) is 11.5 Å². The topological polar surface area (TPSA) is 67.8 Å². The van der Waals surface area contributed by atoms with Gasteiger partial charge in [0.25, 0.3) is 0 Å². The van der Waals surface area contributed by atoms with Gasteiger partial charge in [-0.2, -0.15) is 0 Å². The van der Waals surface area contributed by atoms with Gasteiger partial charge in [-0.25, -0.2) is 4.79 Å². The van der Waals surface area contributed by atoms with Gasteiger partial charge in [0, 0.05) is 0 Å². The number of hydrogen-bond donors (Lipinski definition) is 2. The van der Waals surface area contributed by atoms with Crippen molar-refractivity contribution < 1.29 is 19.2 Å². The van der Waals surface area contributed by atoms with E-state index in [2.05, 4.69) is 5.32 Å². The summed E-state index contributed by atoms with van der Waals surface area (Å²) in [6, 6.07) is -0.139. The van der Waals surface area contributed by atoms with Gasteiger partial charge < -0.3 is 19.7 Å². The molecule has 0 spiro atoms. The highest BCUT2D eigenvalue weighted by Crippen LogP contribution is 2.40. The number of hydrogen-bond acceptors (Lipinski definition) is 3. The number of carbonyl (C=O) groups is 1. The van der Waals surface area contributed by atoms with Crippen molar-refractivity contribution in [3.8, 4) is 0 Å². The smallest absolute Gasteiger partial charge is 0.465 e. The van der Waals surface area contributed by atoms with Crippen molar-refractivity contribution in [2.45, 2.75) is 64.2 Å². The third-order valence-electron chi connectivity index (χ3n) is 4.26. The lowest BCUT2D eigenvalue weighted by Gasteiger charge is -2.32. The van der Waals surface area contributed by atoms with Crippen LogP contribution in [0.2, 0.25) is 0 Å². The number of allylic oxidation sites excluding steroid dienone is 1. The van der Waals surface area contributed by atoms with E-state index in [1.807, 2.05) is 33.8 Å². The molecule has 2 aliphatic rings. The molecule has 19 heavy (non-hydrogen) atoms. The molecule has 0 saturated carbocycles. The average molecular weight is 267 g/mol. The van der Waals surface area contributed by atoms with Crippen LogP contribution in [0.5, 0.6) is 0 Å². The zero-order valence-corrected chi connectivity index (χ0v) is 12.0. The molecular formula is C13H22BNO4. The summed E-state index contributed by atoms with van der Waals surface area (Å²) < 4.78 is 12.0. The molecule has 1 amide bonds. The number of rotatable bonds is 2. The minimum absolute atomic E-state index is 0.139. The highest BCUT2D eigenvalue weighted by molar-refractivity contribution is 6.54. The second kappa shape index (κ2) is 4.83. The summed E-state index contributed by atoms with van der Waals surface area (Å²) >= 11 is 0. The average Bonchev–Trinajstić information content (AvgIpc) is 2.47. The normalized spacial score (nSPS) is 28.9. The Morgan fingerprint density at radius 2 is 1.95 bits per heavy atom.